The SMILES string of the molecule is COC(CNC(=O)N(C)CC1CCOCC1)c1ccccc1Cl. The number of hydrogen-bond donors (Lipinski definition) is 1. The Hall–Kier alpha value is -1.30. The minimum absolute atomic E-state index is 0.0920. The number of hydrogen-bond acceptors (Lipinski definition) is 3. The molecule has 23 heavy (non-hydrogen) atoms. The van der Waals surface area contributed by atoms with Crippen molar-refractivity contribution in [2.45, 2.75) is 18.9 Å². The van der Waals surface area contributed by atoms with Gasteiger partial charge in [0.2, 0.25) is 0 Å². The van der Waals surface area contributed by atoms with Gasteiger partial charge in [-0.2, -0.15) is 0 Å². The number of rotatable bonds is 6. The van der Waals surface area contributed by atoms with E-state index in [0.29, 0.717) is 17.5 Å². The van der Waals surface area contributed by atoms with Crippen LogP contribution in [0.25, 0.3) is 0 Å². The van der Waals surface area contributed by atoms with Gasteiger partial charge in [0.25, 0.3) is 0 Å². The Kier molecular flexibility index (Phi) is 7.15. The highest BCUT2D eigenvalue weighted by Crippen LogP contribution is 2.24. The van der Waals surface area contributed by atoms with Gasteiger partial charge in [-0.1, -0.05) is 29.8 Å². The molecular formula is C17H25ClN2O3. The number of nitrogens with zero attached hydrogens (tertiary/aromatic N) is 1. The van der Waals surface area contributed by atoms with Crippen LogP contribution in [0.2, 0.25) is 5.02 Å². The summed E-state index contributed by atoms with van der Waals surface area (Å²) in [6, 6.07) is 7.42. The third kappa shape index (κ3) is 5.37. The standard InChI is InChI=1S/C17H25ClN2O3/c1-20(12-13-7-9-23-10-8-13)17(21)19-11-16(22-2)14-5-3-4-6-15(14)18/h3-6,13,16H,7-12H2,1-2H3,(H,19,21). The van der Waals surface area contributed by atoms with Crippen LogP contribution in [0.5, 0.6) is 0 Å². The molecule has 1 aliphatic rings. The van der Waals surface area contributed by atoms with Crippen LogP contribution in [-0.2, 0) is 9.47 Å². The van der Waals surface area contributed by atoms with Crippen LogP contribution in [0.3, 0.4) is 0 Å². The van der Waals surface area contributed by atoms with Gasteiger partial charge in [0.1, 0.15) is 6.10 Å². The Bertz CT molecular complexity index is 506. The van der Waals surface area contributed by atoms with E-state index in [4.69, 9.17) is 21.1 Å². The number of carbonyl (C=O) groups excluding carboxylic acids is 1. The summed E-state index contributed by atoms with van der Waals surface area (Å²) in [5.74, 6) is 0.515. The molecule has 1 aliphatic heterocycles. The third-order valence-electron chi connectivity index (χ3n) is 4.19. The highest BCUT2D eigenvalue weighted by atomic mass is 35.5. The molecule has 1 saturated heterocycles. The number of methoxy groups -OCH3 is 1. The number of amides is 2. The molecule has 0 aromatic heterocycles. The molecule has 0 aliphatic carbocycles. The lowest BCUT2D eigenvalue weighted by Gasteiger charge is -2.28. The summed E-state index contributed by atoms with van der Waals surface area (Å²) in [6.45, 7) is 2.72. The zero-order valence-electron chi connectivity index (χ0n) is 13.8. The maximum absolute atomic E-state index is 12.2. The first-order valence-electron chi connectivity index (χ1n) is 7.95. The number of benzene rings is 1. The van der Waals surface area contributed by atoms with Crippen molar-refractivity contribution in [1.29, 1.82) is 0 Å². The van der Waals surface area contributed by atoms with Crippen LogP contribution >= 0.6 is 11.6 Å². The zero-order chi connectivity index (χ0) is 16.7. The number of halogens is 1. The highest BCUT2D eigenvalue weighted by Gasteiger charge is 2.20. The van der Waals surface area contributed by atoms with E-state index in [1.54, 1.807) is 12.0 Å². The Labute approximate surface area is 142 Å². The second-order valence-electron chi connectivity index (χ2n) is 5.87. The molecule has 0 spiro atoms. The quantitative estimate of drug-likeness (QED) is 0.865. The second kappa shape index (κ2) is 9.11. The van der Waals surface area contributed by atoms with Crippen molar-refractivity contribution < 1.29 is 14.3 Å². The normalized spacial score (nSPS) is 16.8. The molecule has 128 valence electrons. The van der Waals surface area contributed by atoms with E-state index in [2.05, 4.69) is 5.32 Å². The predicted octanol–water partition coefficient (Wildman–Crippen LogP) is 3.10. The summed E-state index contributed by atoms with van der Waals surface area (Å²) in [6.07, 6.45) is 1.76. The molecule has 1 fully saturated rings. The van der Waals surface area contributed by atoms with Gasteiger partial charge >= 0.3 is 6.03 Å². The van der Waals surface area contributed by atoms with Crippen molar-refractivity contribution in [3.8, 4) is 0 Å². The molecule has 1 heterocycles. The van der Waals surface area contributed by atoms with E-state index in [9.17, 15) is 4.79 Å². The largest absolute Gasteiger partial charge is 0.381 e. The van der Waals surface area contributed by atoms with Crippen molar-refractivity contribution >= 4 is 17.6 Å². The Morgan fingerprint density at radius 1 is 1.43 bits per heavy atom. The Balaban J connectivity index is 1.83. The fraction of sp³-hybridized carbons (Fsp3) is 0.588. The fourth-order valence-electron chi connectivity index (χ4n) is 2.77. The molecular weight excluding hydrogens is 316 g/mol. The number of nitrogens with one attached hydrogen (secondary N) is 1. The van der Waals surface area contributed by atoms with Gasteiger partial charge in [-0.25, -0.2) is 4.79 Å². The van der Waals surface area contributed by atoms with Crippen molar-refractivity contribution in [2.75, 3.05) is 40.5 Å². The van der Waals surface area contributed by atoms with E-state index in [-0.39, 0.29) is 12.1 Å². The smallest absolute Gasteiger partial charge is 0.317 e. The van der Waals surface area contributed by atoms with E-state index >= 15 is 0 Å². The highest BCUT2D eigenvalue weighted by molar-refractivity contribution is 6.31. The van der Waals surface area contributed by atoms with Crippen molar-refractivity contribution in [1.82, 2.24) is 10.2 Å². The number of ether oxygens (including phenoxy) is 2. The van der Waals surface area contributed by atoms with Crippen molar-refractivity contribution in [2.24, 2.45) is 5.92 Å². The fourth-order valence-corrected chi connectivity index (χ4v) is 3.03. The first-order valence-corrected chi connectivity index (χ1v) is 8.33. The van der Waals surface area contributed by atoms with Crippen molar-refractivity contribution in [3.05, 3.63) is 34.9 Å². The van der Waals surface area contributed by atoms with E-state index in [1.165, 1.54) is 0 Å². The molecule has 1 unspecified atom stereocenters. The van der Waals surface area contributed by atoms with Crippen LogP contribution in [0.15, 0.2) is 24.3 Å². The maximum Gasteiger partial charge on any atom is 0.317 e. The van der Waals surface area contributed by atoms with Crippen LogP contribution < -0.4 is 5.32 Å². The zero-order valence-corrected chi connectivity index (χ0v) is 14.5. The minimum Gasteiger partial charge on any atom is -0.381 e. The van der Waals surface area contributed by atoms with Gasteiger partial charge < -0.3 is 19.7 Å². The lowest BCUT2D eigenvalue weighted by atomic mass is 10.00. The summed E-state index contributed by atoms with van der Waals surface area (Å²) < 4.78 is 10.8. The average Bonchev–Trinajstić information content (AvgIpc) is 2.57. The summed E-state index contributed by atoms with van der Waals surface area (Å²) >= 11 is 6.19. The minimum atomic E-state index is -0.260. The van der Waals surface area contributed by atoms with Gasteiger partial charge in [0.05, 0.1) is 0 Å². The number of urea groups is 1. The van der Waals surface area contributed by atoms with E-state index < -0.39 is 0 Å². The van der Waals surface area contributed by atoms with Gasteiger partial charge in [-0.3, -0.25) is 0 Å². The molecule has 2 rings (SSSR count). The molecule has 6 heteroatoms. The number of carbonyl (C=O) groups is 1. The average molecular weight is 341 g/mol. The molecule has 1 aromatic carbocycles. The summed E-state index contributed by atoms with van der Waals surface area (Å²) in [7, 11) is 3.44. The van der Waals surface area contributed by atoms with E-state index in [0.717, 1.165) is 38.2 Å². The van der Waals surface area contributed by atoms with Crippen molar-refractivity contribution in [3.63, 3.8) is 0 Å². The van der Waals surface area contributed by atoms with Crippen LogP contribution in [0.1, 0.15) is 24.5 Å². The first kappa shape index (κ1) is 18.0. The van der Waals surface area contributed by atoms with Crippen LogP contribution in [0, 0.1) is 5.92 Å². The predicted molar refractivity (Wildman–Crippen MR) is 90.8 cm³/mol. The van der Waals surface area contributed by atoms with Gasteiger partial charge in [-0.05, 0) is 24.8 Å². The van der Waals surface area contributed by atoms with E-state index in [1.807, 2.05) is 31.3 Å². The lowest BCUT2D eigenvalue weighted by Crippen LogP contribution is -2.42. The van der Waals surface area contributed by atoms with Gasteiger partial charge in [-0.15, -0.1) is 0 Å². The van der Waals surface area contributed by atoms with Crippen LogP contribution in [0.4, 0.5) is 4.79 Å². The summed E-state index contributed by atoms with van der Waals surface area (Å²) in [5.41, 5.74) is 0.879. The van der Waals surface area contributed by atoms with Gasteiger partial charge in [0.15, 0.2) is 0 Å². The summed E-state index contributed by atoms with van der Waals surface area (Å²) in [5, 5.41) is 3.56. The maximum atomic E-state index is 12.2. The molecule has 1 aromatic rings. The molecule has 2 amide bonds. The Morgan fingerprint density at radius 2 is 2.13 bits per heavy atom. The molecule has 0 saturated carbocycles. The molecule has 5 nitrogen and oxygen atoms in total. The molecule has 0 bridgehead atoms. The summed E-state index contributed by atoms with van der Waals surface area (Å²) in [4.78, 5) is 14.0. The molecule has 0 radical (unpaired) electrons. The topological polar surface area (TPSA) is 50.8 Å². The second-order valence-corrected chi connectivity index (χ2v) is 6.28. The molecule has 1 atom stereocenters. The van der Waals surface area contributed by atoms with Gasteiger partial charge in [0, 0.05) is 51.0 Å². The monoisotopic (exact) mass is 340 g/mol. The van der Waals surface area contributed by atoms with Crippen LogP contribution in [-0.4, -0.2) is 51.4 Å². The third-order valence-corrected chi connectivity index (χ3v) is 4.54. The lowest BCUT2D eigenvalue weighted by molar-refractivity contribution is 0.0580. The first-order chi connectivity index (χ1) is 11.1. The Morgan fingerprint density at radius 3 is 2.78 bits per heavy atom. The molecule has 1 N–H and O–H groups in total.